The summed E-state index contributed by atoms with van der Waals surface area (Å²) in [5.74, 6) is 0.182. The largest absolute Gasteiger partial charge is 0.353 e. The lowest BCUT2D eigenvalue weighted by Gasteiger charge is -2.23. The number of rotatable bonds is 4. The first-order valence-corrected chi connectivity index (χ1v) is 7.64. The molecule has 94 valence electrons. The molecule has 2 heterocycles. The van der Waals surface area contributed by atoms with E-state index in [1.807, 2.05) is 0 Å². The van der Waals surface area contributed by atoms with E-state index in [-0.39, 0.29) is 5.91 Å². The van der Waals surface area contributed by atoms with Gasteiger partial charge in [-0.2, -0.15) is 0 Å². The van der Waals surface area contributed by atoms with Crippen LogP contribution >= 0.6 is 27.3 Å². The van der Waals surface area contributed by atoms with E-state index in [0.717, 1.165) is 36.8 Å². The molecular formula is C12H17BrN2OS. The van der Waals surface area contributed by atoms with Gasteiger partial charge in [-0.3, -0.25) is 4.79 Å². The quantitative estimate of drug-likeness (QED) is 0.895. The first-order chi connectivity index (χ1) is 8.24. The van der Waals surface area contributed by atoms with Crippen molar-refractivity contribution < 1.29 is 4.79 Å². The third-order valence-electron chi connectivity index (χ3n) is 2.92. The van der Waals surface area contributed by atoms with Gasteiger partial charge in [0.15, 0.2) is 0 Å². The van der Waals surface area contributed by atoms with Crippen molar-refractivity contribution >= 4 is 33.2 Å². The van der Waals surface area contributed by atoms with Crippen LogP contribution in [-0.2, 0) is 11.2 Å². The van der Waals surface area contributed by atoms with Crippen molar-refractivity contribution in [2.45, 2.75) is 31.7 Å². The summed E-state index contributed by atoms with van der Waals surface area (Å²) in [5.41, 5.74) is 0. The standard InChI is InChI=1S/C12H17BrN2OS/c13-9-7-11(17-8-9)1-2-12(16)15-10-3-5-14-6-4-10/h7-8,10,14H,1-6H2,(H,15,16). The Kier molecular flexibility index (Phi) is 5.00. The number of amides is 1. The second-order valence-corrected chi connectivity index (χ2v) is 6.23. The molecule has 1 aromatic rings. The van der Waals surface area contributed by atoms with E-state index in [9.17, 15) is 4.79 Å². The monoisotopic (exact) mass is 316 g/mol. The van der Waals surface area contributed by atoms with Gasteiger partial charge in [-0.25, -0.2) is 0 Å². The van der Waals surface area contributed by atoms with Crippen LogP contribution in [-0.4, -0.2) is 25.0 Å². The Morgan fingerprint density at radius 2 is 2.29 bits per heavy atom. The smallest absolute Gasteiger partial charge is 0.220 e. The molecule has 2 rings (SSSR count). The molecular weight excluding hydrogens is 300 g/mol. The van der Waals surface area contributed by atoms with E-state index in [1.165, 1.54) is 4.88 Å². The minimum Gasteiger partial charge on any atom is -0.353 e. The molecule has 1 aliphatic heterocycles. The Morgan fingerprint density at radius 1 is 1.53 bits per heavy atom. The number of hydrogen-bond acceptors (Lipinski definition) is 3. The molecule has 0 radical (unpaired) electrons. The average molecular weight is 317 g/mol. The highest BCUT2D eigenvalue weighted by molar-refractivity contribution is 9.10. The zero-order valence-corrected chi connectivity index (χ0v) is 12.1. The second kappa shape index (κ2) is 6.52. The summed E-state index contributed by atoms with van der Waals surface area (Å²) in [7, 11) is 0. The fourth-order valence-electron chi connectivity index (χ4n) is 1.99. The SMILES string of the molecule is O=C(CCc1cc(Br)cs1)NC1CCNCC1. The number of nitrogens with one attached hydrogen (secondary N) is 2. The minimum atomic E-state index is 0.182. The molecule has 1 aliphatic rings. The average Bonchev–Trinajstić information content (AvgIpc) is 2.74. The van der Waals surface area contributed by atoms with Crippen LogP contribution in [0.2, 0.25) is 0 Å². The summed E-state index contributed by atoms with van der Waals surface area (Å²) < 4.78 is 1.11. The van der Waals surface area contributed by atoms with Crippen LogP contribution in [0.4, 0.5) is 0 Å². The normalized spacial score (nSPS) is 17.0. The van der Waals surface area contributed by atoms with Gasteiger partial charge < -0.3 is 10.6 Å². The molecule has 3 nitrogen and oxygen atoms in total. The van der Waals surface area contributed by atoms with Gasteiger partial charge in [-0.15, -0.1) is 11.3 Å². The van der Waals surface area contributed by atoms with Crippen LogP contribution in [0.15, 0.2) is 15.9 Å². The van der Waals surface area contributed by atoms with Crippen LogP contribution in [0.1, 0.15) is 24.1 Å². The van der Waals surface area contributed by atoms with Crippen LogP contribution < -0.4 is 10.6 Å². The molecule has 1 amide bonds. The summed E-state index contributed by atoms with van der Waals surface area (Å²) in [6, 6.07) is 2.46. The Hall–Kier alpha value is -0.390. The third-order valence-corrected chi connectivity index (χ3v) is 4.68. The number of aryl methyl sites for hydroxylation is 1. The predicted octanol–water partition coefficient (Wildman–Crippen LogP) is 2.31. The van der Waals surface area contributed by atoms with Crippen molar-refractivity contribution in [3.05, 3.63) is 20.8 Å². The van der Waals surface area contributed by atoms with Gasteiger partial charge in [-0.05, 0) is 54.3 Å². The zero-order chi connectivity index (χ0) is 12.1. The molecule has 0 bridgehead atoms. The van der Waals surface area contributed by atoms with Crippen LogP contribution in [0.25, 0.3) is 0 Å². The van der Waals surface area contributed by atoms with Crippen molar-refractivity contribution in [1.82, 2.24) is 10.6 Å². The molecule has 1 fully saturated rings. The fourth-order valence-corrected chi connectivity index (χ4v) is 3.44. The Labute approximate surface area is 114 Å². The van der Waals surface area contributed by atoms with E-state index < -0.39 is 0 Å². The minimum absolute atomic E-state index is 0.182. The van der Waals surface area contributed by atoms with Crippen LogP contribution in [0, 0.1) is 0 Å². The Morgan fingerprint density at radius 3 is 2.94 bits per heavy atom. The van der Waals surface area contributed by atoms with E-state index in [4.69, 9.17) is 0 Å². The van der Waals surface area contributed by atoms with Crippen molar-refractivity contribution in [2.24, 2.45) is 0 Å². The van der Waals surface area contributed by atoms with Crippen LogP contribution in [0.3, 0.4) is 0 Å². The third kappa shape index (κ3) is 4.41. The zero-order valence-electron chi connectivity index (χ0n) is 9.67. The molecule has 0 saturated carbocycles. The van der Waals surface area contributed by atoms with E-state index in [0.29, 0.717) is 12.5 Å². The molecule has 1 aromatic heterocycles. The number of halogens is 1. The molecule has 5 heteroatoms. The molecule has 0 atom stereocenters. The molecule has 2 N–H and O–H groups in total. The highest BCUT2D eigenvalue weighted by Gasteiger charge is 2.15. The number of thiophene rings is 1. The Bertz CT molecular complexity index is 374. The predicted molar refractivity (Wildman–Crippen MR) is 74.4 cm³/mol. The lowest BCUT2D eigenvalue weighted by molar-refractivity contribution is -0.121. The van der Waals surface area contributed by atoms with Crippen LogP contribution in [0.5, 0.6) is 0 Å². The van der Waals surface area contributed by atoms with E-state index in [2.05, 4.69) is 38.0 Å². The molecule has 0 aliphatic carbocycles. The highest BCUT2D eigenvalue weighted by Crippen LogP contribution is 2.20. The summed E-state index contributed by atoms with van der Waals surface area (Å²) in [6.45, 7) is 2.03. The van der Waals surface area contributed by atoms with Crippen molar-refractivity contribution in [3.63, 3.8) is 0 Å². The summed E-state index contributed by atoms with van der Waals surface area (Å²) >= 11 is 5.12. The summed E-state index contributed by atoms with van der Waals surface area (Å²) in [5, 5.41) is 8.46. The number of piperidine rings is 1. The molecule has 0 spiro atoms. The number of hydrogen-bond donors (Lipinski definition) is 2. The second-order valence-electron chi connectivity index (χ2n) is 4.32. The molecule has 0 unspecified atom stereocenters. The summed E-state index contributed by atoms with van der Waals surface area (Å²) in [6.07, 6.45) is 3.54. The molecule has 0 aromatic carbocycles. The van der Waals surface area contributed by atoms with Gasteiger partial charge in [0.2, 0.25) is 5.91 Å². The van der Waals surface area contributed by atoms with Gasteiger partial charge in [0, 0.05) is 27.2 Å². The van der Waals surface area contributed by atoms with Gasteiger partial charge in [0.1, 0.15) is 0 Å². The topological polar surface area (TPSA) is 41.1 Å². The van der Waals surface area contributed by atoms with E-state index in [1.54, 1.807) is 11.3 Å². The maximum atomic E-state index is 11.8. The summed E-state index contributed by atoms with van der Waals surface area (Å²) in [4.78, 5) is 13.0. The van der Waals surface area contributed by atoms with Crippen molar-refractivity contribution in [3.8, 4) is 0 Å². The molecule has 1 saturated heterocycles. The van der Waals surface area contributed by atoms with E-state index >= 15 is 0 Å². The first-order valence-electron chi connectivity index (χ1n) is 5.97. The highest BCUT2D eigenvalue weighted by atomic mass is 79.9. The van der Waals surface area contributed by atoms with Gasteiger partial charge in [-0.1, -0.05) is 0 Å². The Balaban J connectivity index is 1.70. The lowest BCUT2D eigenvalue weighted by atomic mass is 10.1. The number of carbonyl (C=O) groups is 1. The van der Waals surface area contributed by atoms with Crippen molar-refractivity contribution in [2.75, 3.05) is 13.1 Å². The maximum absolute atomic E-state index is 11.8. The van der Waals surface area contributed by atoms with Crippen molar-refractivity contribution in [1.29, 1.82) is 0 Å². The maximum Gasteiger partial charge on any atom is 0.220 e. The van der Waals surface area contributed by atoms with Gasteiger partial charge >= 0.3 is 0 Å². The van der Waals surface area contributed by atoms with Gasteiger partial charge in [0.25, 0.3) is 0 Å². The first kappa shape index (κ1) is 13.1. The fraction of sp³-hybridized carbons (Fsp3) is 0.583. The van der Waals surface area contributed by atoms with Gasteiger partial charge in [0.05, 0.1) is 0 Å². The molecule has 17 heavy (non-hydrogen) atoms. The number of carbonyl (C=O) groups excluding carboxylic acids is 1. The lowest BCUT2D eigenvalue weighted by Crippen LogP contribution is -2.42.